The summed E-state index contributed by atoms with van der Waals surface area (Å²) in [5, 5.41) is 9.51. The normalized spacial score (nSPS) is 12.0. The molecule has 0 fully saturated rings. The lowest BCUT2D eigenvalue weighted by molar-refractivity contribution is -0.136. The van der Waals surface area contributed by atoms with Gasteiger partial charge in [-0.25, -0.2) is 4.79 Å². The maximum atomic E-state index is 13.9. The first-order chi connectivity index (χ1) is 20.1. The lowest BCUT2D eigenvalue weighted by atomic mass is 9.91. The van der Waals surface area contributed by atoms with Crippen LogP contribution in [0.3, 0.4) is 0 Å². The van der Waals surface area contributed by atoms with E-state index in [0.29, 0.717) is 23.1 Å². The zero-order chi connectivity index (χ0) is 29.9. The molecule has 42 heavy (non-hydrogen) atoms. The molecule has 4 aromatic carbocycles. The molecule has 0 aliphatic rings. The number of carbonyl (C=O) groups is 1. The third kappa shape index (κ3) is 6.36. The van der Waals surface area contributed by atoms with Gasteiger partial charge in [-0.2, -0.15) is 13.2 Å². The van der Waals surface area contributed by atoms with Gasteiger partial charge in [-0.1, -0.05) is 72.8 Å². The summed E-state index contributed by atoms with van der Waals surface area (Å²) < 4.78 is 47.8. The molecule has 1 N–H and O–H groups in total. The van der Waals surface area contributed by atoms with Gasteiger partial charge in [0, 0.05) is 17.2 Å². The van der Waals surface area contributed by atoms with Crippen molar-refractivity contribution in [3.63, 3.8) is 0 Å². The fourth-order valence-electron chi connectivity index (χ4n) is 4.91. The van der Waals surface area contributed by atoms with Crippen LogP contribution in [-0.2, 0) is 24.0 Å². The van der Waals surface area contributed by atoms with E-state index in [0.717, 1.165) is 39.4 Å². The molecule has 1 aromatic heterocycles. The van der Waals surface area contributed by atoms with Crippen molar-refractivity contribution in [3.8, 4) is 16.9 Å². The van der Waals surface area contributed by atoms with Crippen LogP contribution in [0.4, 0.5) is 13.2 Å². The minimum absolute atomic E-state index is 0.0906. The predicted octanol–water partition coefficient (Wildman–Crippen LogP) is 8.89. The summed E-state index contributed by atoms with van der Waals surface area (Å²) in [4.78, 5) is 15.4. The maximum Gasteiger partial charge on any atom is 0.418 e. The number of aryl methyl sites for hydroxylation is 1. The molecule has 0 spiro atoms. The average molecular weight is 568 g/mol. The Labute approximate surface area is 241 Å². The van der Waals surface area contributed by atoms with E-state index < -0.39 is 17.7 Å². The van der Waals surface area contributed by atoms with E-state index in [1.807, 2.05) is 79.7 Å². The van der Waals surface area contributed by atoms with Gasteiger partial charge in [-0.15, -0.1) is 0 Å². The Morgan fingerprint density at radius 3 is 2.38 bits per heavy atom. The van der Waals surface area contributed by atoms with Gasteiger partial charge in [0.15, 0.2) is 0 Å². The minimum atomic E-state index is -4.54. The van der Waals surface area contributed by atoms with Gasteiger partial charge in [-0.3, -0.25) is 4.98 Å². The smallest absolute Gasteiger partial charge is 0.418 e. The highest BCUT2D eigenvalue weighted by molar-refractivity contribution is 5.98. The zero-order valence-electron chi connectivity index (χ0n) is 23.1. The molecule has 0 radical (unpaired) electrons. The highest BCUT2D eigenvalue weighted by atomic mass is 19.4. The molecule has 1 heterocycles. The Balaban J connectivity index is 1.51. The van der Waals surface area contributed by atoms with Crippen LogP contribution in [0, 0.1) is 6.92 Å². The molecule has 5 rings (SSSR count). The largest absolute Gasteiger partial charge is 0.489 e. The minimum Gasteiger partial charge on any atom is -0.489 e. The number of halogens is 3. The van der Waals surface area contributed by atoms with Crippen LogP contribution in [0.15, 0.2) is 103 Å². The number of para-hydroxylation sites is 1. The van der Waals surface area contributed by atoms with Crippen molar-refractivity contribution in [2.24, 2.45) is 0 Å². The lowest BCUT2D eigenvalue weighted by Gasteiger charge is -2.17. The first-order valence-corrected chi connectivity index (χ1v) is 13.4. The molecule has 7 heteroatoms. The van der Waals surface area contributed by atoms with Gasteiger partial charge in [0.25, 0.3) is 0 Å². The van der Waals surface area contributed by atoms with Crippen LogP contribution in [-0.4, -0.2) is 16.1 Å². The van der Waals surface area contributed by atoms with Gasteiger partial charge in [0.05, 0.1) is 11.1 Å². The summed E-state index contributed by atoms with van der Waals surface area (Å²) in [5.41, 5.74) is 5.41. The van der Waals surface area contributed by atoms with Crippen LogP contribution < -0.4 is 4.74 Å². The Kier molecular flexibility index (Phi) is 8.11. The van der Waals surface area contributed by atoms with Crippen molar-refractivity contribution >= 4 is 22.9 Å². The Hall–Kier alpha value is -4.91. The number of ether oxygens (including phenoxy) is 1. The number of rotatable bonds is 8. The van der Waals surface area contributed by atoms with Crippen LogP contribution in [0.2, 0.25) is 0 Å². The number of pyridine rings is 1. The van der Waals surface area contributed by atoms with Crippen molar-refractivity contribution in [1.29, 1.82) is 0 Å². The first kappa shape index (κ1) is 28.6. The van der Waals surface area contributed by atoms with Crippen molar-refractivity contribution in [2.75, 3.05) is 0 Å². The molecule has 0 atom stereocenters. The average Bonchev–Trinajstić information content (AvgIpc) is 2.97. The van der Waals surface area contributed by atoms with Crippen molar-refractivity contribution in [1.82, 2.24) is 4.98 Å². The van der Waals surface area contributed by atoms with Crippen LogP contribution in [0.5, 0.6) is 5.75 Å². The molecule has 0 aliphatic heterocycles. The third-order valence-corrected chi connectivity index (χ3v) is 7.15. The van der Waals surface area contributed by atoms with Crippen LogP contribution >= 0.6 is 0 Å². The van der Waals surface area contributed by atoms with Crippen molar-refractivity contribution < 1.29 is 27.8 Å². The SMILES string of the molecule is CC(=Cc1ccc(COc2cccc(-c3c(Cc4ccccc4C)cnc4c(C(F)(F)F)cccc34)c2)cc1)C(=O)O. The molecule has 5 aromatic rings. The number of fused-ring (bicyclic) bond motifs is 1. The van der Waals surface area contributed by atoms with Crippen LogP contribution in [0.25, 0.3) is 28.1 Å². The summed E-state index contributed by atoms with van der Waals surface area (Å²) in [6.07, 6.45) is -0.887. The number of aromatic nitrogens is 1. The number of carboxylic acids is 1. The summed E-state index contributed by atoms with van der Waals surface area (Å²) in [7, 11) is 0. The van der Waals surface area contributed by atoms with Gasteiger partial charge in [0.2, 0.25) is 0 Å². The van der Waals surface area contributed by atoms with E-state index in [1.165, 1.54) is 13.0 Å². The van der Waals surface area contributed by atoms with Gasteiger partial charge < -0.3 is 9.84 Å². The second-order valence-electron chi connectivity index (χ2n) is 10.2. The van der Waals surface area contributed by atoms with Gasteiger partial charge in [0.1, 0.15) is 12.4 Å². The third-order valence-electron chi connectivity index (χ3n) is 7.15. The fraction of sp³-hybridized carbons (Fsp3) is 0.143. The van der Waals surface area contributed by atoms with E-state index in [4.69, 9.17) is 9.84 Å². The van der Waals surface area contributed by atoms with E-state index in [2.05, 4.69) is 4.98 Å². The molecule has 0 amide bonds. The Morgan fingerprint density at radius 2 is 1.67 bits per heavy atom. The summed E-state index contributed by atoms with van der Waals surface area (Å²) in [6.45, 7) is 3.81. The second-order valence-corrected chi connectivity index (χ2v) is 10.2. The van der Waals surface area contributed by atoms with E-state index in [9.17, 15) is 18.0 Å². The first-order valence-electron chi connectivity index (χ1n) is 13.4. The number of hydrogen-bond acceptors (Lipinski definition) is 3. The summed E-state index contributed by atoms with van der Waals surface area (Å²) in [5.74, 6) is -0.405. The lowest BCUT2D eigenvalue weighted by Crippen LogP contribution is -2.07. The molecular formula is C35H28F3NO3. The van der Waals surface area contributed by atoms with Crippen molar-refractivity contribution in [3.05, 3.63) is 136 Å². The number of alkyl halides is 3. The molecular weight excluding hydrogens is 539 g/mol. The fourth-order valence-corrected chi connectivity index (χ4v) is 4.91. The molecule has 0 aliphatic carbocycles. The molecule has 4 nitrogen and oxygen atoms in total. The molecule has 0 bridgehead atoms. The zero-order valence-corrected chi connectivity index (χ0v) is 23.1. The topological polar surface area (TPSA) is 59.4 Å². The predicted molar refractivity (Wildman–Crippen MR) is 158 cm³/mol. The van der Waals surface area contributed by atoms with E-state index in [1.54, 1.807) is 18.3 Å². The molecule has 212 valence electrons. The van der Waals surface area contributed by atoms with Crippen LogP contribution in [0.1, 0.15) is 40.3 Å². The number of carboxylic acid groups (broad SMARTS) is 1. The Bertz CT molecular complexity index is 1790. The quantitative estimate of drug-likeness (QED) is 0.190. The highest BCUT2D eigenvalue weighted by Gasteiger charge is 2.33. The maximum absolute atomic E-state index is 13.9. The van der Waals surface area contributed by atoms with Gasteiger partial charge >= 0.3 is 12.1 Å². The second kappa shape index (κ2) is 11.9. The monoisotopic (exact) mass is 567 g/mol. The number of aliphatic carboxylic acids is 1. The highest BCUT2D eigenvalue weighted by Crippen LogP contribution is 2.39. The van der Waals surface area contributed by atoms with Gasteiger partial charge in [-0.05, 0) is 83.5 Å². The van der Waals surface area contributed by atoms with Crippen molar-refractivity contribution in [2.45, 2.75) is 33.1 Å². The molecule has 0 saturated carbocycles. The Morgan fingerprint density at radius 1 is 0.929 bits per heavy atom. The standard InChI is InChI=1S/C35H28F3NO3/c1-22-7-3-4-8-26(22)18-28-20-39-33-30(11-6-12-31(33)35(36,37)38)32(28)27-9-5-10-29(19-27)42-21-25-15-13-24(14-16-25)17-23(2)34(40)41/h3-17,19-20H,18,21H2,1-2H3,(H,40,41). The summed E-state index contributed by atoms with van der Waals surface area (Å²) >= 11 is 0. The summed E-state index contributed by atoms with van der Waals surface area (Å²) in [6, 6.07) is 26.8. The molecule has 0 unspecified atom stereocenters. The number of hydrogen-bond donors (Lipinski definition) is 1. The number of nitrogens with zero attached hydrogens (tertiary/aromatic N) is 1. The van der Waals surface area contributed by atoms with E-state index in [-0.39, 0.29) is 17.7 Å². The molecule has 0 saturated heterocycles. The number of benzene rings is 4. The van der Waals surface area contributed by atoms with E-state index >= 15 is 0 Å².